The lowest BCUT2D eigenvalue weighted by molar-refractivity contribution is -0.142. The molecule has 0 saturated carbocycles. The normalized spacial score (nSPS) is 13.7. The number of rotatable bonds is 10. The average molecular weight is 416 g/mol. The van der Waals surface area contributed by atoms with Gasteiger partial charge in [-0.1, -0.05) is 60.7 Å². The molecule has 5 N–H and O–H groups in total. The molecule has 2 aromatic rings. The van der Waals surface area contributed by atoms with Crippen molar-refractivity contribution < 1.29 is 19.5 Å². The van der Waals surface area contributed by atoms with Crippen LogP contribution >= 0.6 is 12.6 Å². The van der Waals surface area contributed by atoms with Crippen molar-refractivity contribution in [1.82, 2.24) is 10.6 Å². The Labute approximate surface area is 175 Å². The van der Waals surface area contributed by atoms with Crippen molar-refractivity contribution in [3.63, 3.8) is 0 Å². The van der Waals surface area contributed by atoms with Crippen LogP contribution < -0.4 is 16.4 Å². The molecule has 2 amide bonds. The van der Waals surface area contributed by atoms with Gasteiger partial charge in [-0.25, -0.2) is 4.79 Å². The van der Waals surface area contributed by atoms with Crippen molar-refractivity contribution >= 4 is 30.4 Å². The second kappa shape index (κ2) is 11.2. The molecule has 0 fully saturated rings. The smallest absolute Gasteiger partial charge is 0.326 e. The molecule has 3 atom stereocenters. The highest BCUT2D eigenvalue weighted by molar-refractivity contribution is 7.80. The Morgan fingerprint density at radius 3 is 1.72 bits per heavy atom. The first-order valence-electron chi connectivity index (χ1n) is 9.18. The number of carboxylic acids is 1. The molecule has 2 aromatic carbocycles. The Hall–Kier alpha value is -2.84. The number of nitrogens with one attached hydrogen (secondary N) is 2. The lowest BCUT2D eigenvalue weighted by atomic mass is 10.0. The second-order valence-electron chi connectivity index (χ2n) is 6.63. The van der Waals surface area contributed by atoms with Crippen LogP contribution in [0.2, 0.25) is 0 Å². The summed E-state index contributed by atoms with van der Waals surface area (Å²) in [5, 5.41) is 14.7. The van der Waals surface area contributed by atoms with Gasteiger partial charge < -0.3 is 21.5 Å². The Kier molecular flexibility index (Phi) is 8.69. The van der Waals surface area contributed by atoms with E-state index in [1.165, 1.54) is 0 Å². The summed E-state index contributed by atoms with van der Waals surface area (Å²) in [6.45, 7) is 0. The van der Waals surface area contributed by atoms with Gasteiger partial charge in [0, 0.05) is 18.6 Å². The van der Waals surface area contributed by atoms with Gasteiger partial charge in [-0.05, 0) is 11.1 Å². The zero-order valence-electron chi connectivity index (χ0n) is 15.8. The molecule has 0 aromatic heterocycles. The third-order valence-corrected chi connectivity index (χ3v) is 4.74. The monoisotopic (exact) mass is 415 g/mol. The van der Waals surface area contributed by atoms with Crippen molar-refractivity contribution in [1.29, 1.82) is 0 Å². The largest absolute Gasteiger partial charge is 0.480 e. The van der Waals surface area contributed by atoms with E-state index in [0.717, 1.165) is 11.1 Å². The highest BCUT2D eigenvalue weighted by atomic mass is 32.1. The van der Waals surface area contributed by atoms with Crippen LogP contribution in [-0.4, -0.2) is 46.8 Å². The van der Waals surface area contributed by atoms with Gasteiger partial charge in [0.25, 0.3) is 0 Å². The lowest BCUT2D eigenvalue weighted by Gasteiger charge is -2.23. The number of benzene rings is 2. The van der Waals surface area contributed by atoms with Gasteiger partial charge in [-0.3, -0.25) is 9.59 Å². The number of nitrogens with two attached hydrogens (primary N) is 1. The van der Waals surface area contributed by atoms with E-state index in [0.29, 0.717) is 0 Å². The molecule has 0 heterocycles. The van der Waals surface area contributed by atoms with E-state index < -0.39 is 35.9 Å². The molecule has 0 saturated heterocycles. The number of amides is 2. The Morgan fingerprint density at radius 1 is 0.828 bits per heavy atom. The van der Waals surface area contributed by atoms with E-state index >= 15 is 0 Å². The Bertz CT molecular complexity index is 817. The molecule has 29 heavy (non-hydrogen) atoms. The van der Waals surface area contributed by atoms with Crippen molar-refractivity contribution in [2.45, 2.75) is 31.0 Å². The summed E-state index contributed by atoms with van der Waals surface area (Å²) < 4.78 is 0. The molecule has 0 bridgehead atoms. The lowest BCUT2D eigenvalue weighted by Crippen LogP contribution is -2.55. The average Bonchev–Trinajstić information content (AvgIpc) is 2.73. The maximum atomic E-state index is 12.9. The fraction of sp³-hybridized carbons (Fsp3) is 0.286. The minimum Gasteiger partial charge on any atom is -0.480 e. The Balaban J connectivity index is 2.15. The van der Waals surface area contributed by atoms with E-state index in [4.69, 9.17) is 5.73 Å². The van der Waals surface area contributed by atoms with Gasteiger partial charge in [-0.2, -0.15) is 12.6 Å². The maximum absolute atomic E-state index is 12.9. The molecule has 0 spiro atoms. The van der Waals surface area contributed by atoms with Gasteiger partial charge in [0.1, 0.15) is 12.1 Å². The maximum Gasteiger partial charge on any atom is 0.326 e. The van der Waals surface area contributed by atoms with Gasteiger partial charge in [0.2, 0.25) is 11.8 Å². The van der Waals surface area contributed by atoms with Crippen LogP contribution in [0.25, 0.3) is 0 Å². The summed E-state index contributed by atoms with van der Waals surface area (Å²) >= 11 is 4.00. The van der Waals surface area contributed by atoms with Gasteiger partial charge in [0.15, 0.2) is 0 Å². The van der Waals surface area contributed by atoms with E-state index in [1.807, 2.05) is 36.4 Å². The zero-order chi connectivity index (χ0) is 21.2. The van der Waals surface area contributed by atoms with Gasteiger partial charge >= 0.3 is 5.97 Å². The van der Waals surface area contributed by atoms with Crippen LogP contribution in [0, 0.1) is 0 Å². The highest BCUT2D eigenvalue weighted by Crippen LogP contribution is 2.07. The number of hydrogen-bond acceptors (Lipinski definition) is 5. The van der Waals surface area contributed by atoms with Crippen molar-refractivity contribution in [3.8, 4) is 0 Å². The standard InChI is InChI=1S/C21H25N3O4S/c22-16(13-29)19(25)23-17(11-14-7-3-1-4-8-14)20(26)24-18(21(27)28)12-15-9-5-2-6-10-15/h1-10,16-18,29H,11-13,22H2,(H,23,25)(H,24,26)(H,27,28)/t16-,17+,18+/m0/s1. The fourth-order valence-corrected chi connectivity index (χ4v) is 2.91. The molecule has 0 aliphatic rings. The minimum atomic E-state index is -1.15. The first kappa shape index (κ1) is 22.4. The van der Waals surface area contributed by atoms with Crippen LogP contribution in [0.5, 0.6) is 0 Å². The molecule has 7 nitrogen and oxygen atoms in total. The third-order valence-electron chi connectivity index (χ3n) is 4.35. The number of hydrogen-bond donors (Lipinski definition) is 5. The van der Waals surface area contributed by atoms with Crippen LogP contribution in [0.3, 0.4) is 0 Å². The van der Waals surface area contributed by atoms with Gasteiger partial charge in [0.05, 0.1) is 6.04 Å². The topological polar surface area (TPSA) is 122 Å². The minimum absolute atomic E-state index is 0.122. The molecule has 2 rings (SSSR count). The van der Waals surface area contributed by atoms with Crippen molar-refractivity contribution in [3.05, 3.63) is 71.8 Å². The summed E-state index contributed by atoms with van der Waals surface area (Å²) in [6.07, 6.45) is 0.333. The molecular weight excluding hydrogens is 390 g/mol. The molecule has 154 valence electrons. The highest BCUT2D eigenvalue weighted by Gasteiger charge is 2.28. The predicted octanol–water partition coefficient (Wildman–Crippen LogP) is 0.783. The molecule has 0 aliphatic heterocycles. The SMILES string of the molecule is N[C@@H](CS)C(=O)N[C@H](Cc1ccccc1)C(=O)N[C@H](Cc1ccccc1)C(=O)O. The molecule has 0 aliphatic carbocycles. The van der Waals surface area contributed by atoms with Crippen LogP contribution in [0.4, 0.5) is 0 Å². The van der Waals surface area contributed by atoms with E-state index in [1.54, 1.807) is 24.3 Å². The van der Waals surface area contributed by atoms with E-state index in [-0.39, 0.29) is 18.6 Å². The third kappa shape index (κ3) is 7.24. The first-order valence-corrected chi connectivity index (χ1v) is 9.81. The number of carboxylic acid groups (broad SMARTS) is 1. The van der Waals surface area contributed by atoms with Crippen LogP contribution in [0.15, 0.2) is 60.7 Å². The molecule has 8 heteroatoms. The summed E-state index contributed by atoms with van der Waals surface area (Å²) in [4.78, 5) is 36.7. The predicted molar refractivity (Wildman–Crippen MR) is 114 cm³/mol. The molecule has 0 unspecified atom stereocenters. The molecule has 0 radical (unpaired) electrons. The van der Waals surface area contributed by atoms with Crippen LogP contribution in [0.1, 0.15) is 11.1 Å². The van der Waals surface area contributed by atoms with Gasteiger partial charge in [-0.15, -0.1) is 0 Å². The number of thiol groups is 1. The Morgan fingerprint density at radius 2 is 1.28 bits per heavy atom. The summed E-state index contributed by atoms with van der Waals surface area (Å²) in [6, 6.07) is 15.2. The number of carbonyl (C=O) groups is 3. The molecular formula is C21H25N3O4S. The quantitative estimate of drug-likeness (QED) is 0.367. The zero-order valence-corrected chi connectivity index (χ0v) is 16.7. The number of carbonyl (C=O) groups excluding carboxylic acids is 2. The van der Waals surface area contributed by atoms with Crippen molar-refractivity contribution in [2.75, 3.05) is 5.75 Å². The number of aliphatic carboxylic acids is 1. The summed E-state index contributed by atoms with van der Waals surface area (Å²) in [5.74, 6) is -2.14. The second-order valence-corrected chi connectivity index (χ2v) is 6.99. The van der Waals surface area contributed by atoms with Crippen molar-refractivity contribution in [2.24, 2.45) is 5.73 Å². The van der Waals surface area contributed by atoms with E-state index in [2.05, 4.69) is 23.3 Å². The van der Waals surface area contributed by atoms with Crippen LogP contribution in [-0.2, 0) is 27.2 Å². The summed E-state index contributed by atoms with van der Waals surface area (Å²) in [5.41, 5.74) is 7.30. The fourth-order valence-electron chi connectivity index (χ4n) is 2.74. The summed E-state index contributed by atoms with van der Waals surface area (Å²) in [7, 11) is 0. The first-order chi connectivity index (χ1) is 13.9. The van der Waals surface area contributed by atoms with E-state index in [9.17, 15) is 19.5 Å².